The standard InChI is InChI=1S/C12H19F2N3/c1-9-7-10(17(2)16-9)11(8-15)3-5-12(13,14)6-4-11/h7H,3-6,8,15H2,1-2H3. The molecule has 3 nitrogen and oxygen atoms in total. The van der Waals surface area contributed by atoms with Crippen molar-refractivity contribution in [2.75, 3.05) is 6.54 Å². The molecule has 0 spiro atoms. The van der Waals surface area contributed by atoms with Gasteiger partial charge in [-0.2, -0.15) is 5.10 Å². The second kappa shape index (κ2) is 4.05. The molecule has 1 aliphatic rings. The van der Waals surface area contributed by atoms with Gasteiger partial charge >= 0.3 is 0 Å². The summed E-state index contributed by atoms with van der Waals surface area (Å²) < 4.78 is 28.3. The van der Waals surface area contributed by atoms with Crippen LogP contribution in [0.4, 0.5) is 8.78 Å². The fraction of sp³-hybridized carbons (Fsp3) is 0.750. The number of rotatable bonds is 2. The van der Waals surface area contributed by atoms with Gasteiger partial charge in [-0.25, -0.2) is 8.78 Å². The number of aromatic nitrogens is 2. The quantitative estimate of drug-likeness (QED) is 0.864. The van der Waals surface area contributed by atoms with Crippen molar-refractivity contribution in [1.29, 1.82) is 0 Å². The topological polar surface area (TPSA) is 43.8 Å². The predicted molar refractivity (Wildman–Crippen MR) is 62.1 cm³/mol. The number of halogens is 2. The normalized spacial score (nSPS) is 22.6. The van der Waals surface area contributed by atoms with Crippen LogP contribution in [-0.4, -0.2) is 22.2 Å². The molecular weight excluding hydrogens is 224 g/mol. The number of hydrogen-bond acceptors (Lipinski definition) is 2. The molecule has 1 aromatic heterocycles. The molecule has 1 fully saturated rings. The van der Waals surface area contributed by atoms with Gasteiger partial charge in [0.1, 0.15) is 0 Å². The van der Waals surface area contributed by atoms with Gasteiger partial charge in [-0.1, -0.05) is 0 Å². The van der Waals surface area contributed by atoms with Gasteiger partial charge in [-0.05, 0) is 25.8 Å². The molecule has 1 saturated carbocycles. The molecule has 17 heavy (non-hydrogen) atoms. The molecule has 0 saturated heterocycles. The summed E-state index contributed by atoms with van der Waals surface area (Å²) in [6.45, 7) is 2.31. The molecule has 0 bridgehead atoms. The number of hydrogen-bond donors (Lipinski definition) is 1. The largest absolute Gasteiger partial charge is 0.330 e. The molecule has 0 radical (unpaired) electrons. The van der Waals surface area contributed by atoms with Crippen molar-refractivity contribution in [2.45, 2.75) is 43.9 Å². The zero-order valence-corrected chi connectivity index (χ0v) is 10.3. The SMILES string of the molecule is Cc1cc(C2(CN)CCC(F)(F)CC2)n(C)n1. The Morgan fingerprint density at radius 3 is 2.35 bits per heavy atom. The van der Waals surface area contributed by atoms with Crippen molar-refractivity contribution in [3.8, 4) is 0 Å². The monoisotopic (exact) mass is 243 g/mol. The molecule has 5 heteroatoms. The van der Waals surface area contributed by atoms with Gasteiger partial charge < -0.3 is 5.73 Å². The maximum Gasteiger partial charge on any atom is 0.248 e. The van der Waals surface area contributed by atoms with Crippen molar-refractivity contribution in [3.05, 3.63) is 17.5 Å². The highest BCUT2D eigenvalue weighted by Crippen LogP contribution is 2.44. The first-order valence-electron chi connectivity index (χ1n) is 5.98. The second-order valence-corrected chi connectivity index (χ2v) is 5.13. The van der Waals surface area contributed by atoms with Crippen molar-refractivity contribution in [3.63, 3.8) is 0 Å². The summed E-state index contributed by atoms with van der Waals surface area (Å²) in [6.07, 6.45) is 0.730. The predicted octanol–water partition coefficient (Wildman–Crippen LogP) is 2.13. The van der Waals surface area contributed by atoms with Crippen molar-refractivity contribution in [1.82, 2.24) is 9.78 Å². The van der Waals surface area contributed by atoms with Gasteiger partial charge in [0.2, 0.25) is 5.92 Å². The minimum absolute atomic E-state index is 0.0750. The molecular formula is C12H19F2N3. The number of alkyl halides is 2. The molecule has 0 amide bonds. The van der Waals surface area contributed by atoms with Crippen molar-refractivity contribution < 1.29 is 8.78 Å². The number of aryl methyl sites for hydroxylation is 2. The Kier molecular flexibility index (Phi) is 2.97. The molecule has 1 aromatic rings. The fourth-order valence-corrected chi connectivity index (χ4v) is 2.77. The molecule has 2 rings (SSSR count). The Morgan fingerprint density at radius 2 is 1.94 bits per heavy atom. The van der Waals surface area contributed by atoms with Gasteiger partial charge in [0.25, 0.3) is 0 Å². The first-order chi connectivity index (χ1) is 7.88. The number of nitrogens with two attached hydrogens (primary N) is 1. The van der Waals surface area contributed by atoms with Crippen LogP contribution in [0.25, 0.3) is 0 Å². The zero-order chi connectivity index (χ0) is 12.7. The Bertz CT molecular complexity index is 402. The van der Waals surface area contributed by atoms with E-state index in [0.29, 0.717) is 19.4 Å². The summed E-state index contributed by atoms with van der Waals surface area (Å²) in [5, 5.41) is 4.29. The average Bonchev–Trinajstić information content (AvgIpc) is 2.60. The van der Waals surface area contributed by atoms with E-state index in [9.17, 15) is 8.78 Å². The Hall–Kier alpha value is -0.970. The van der Waals surface area contributed by atoms with Crippen molar-refractivity contribution >= 4 is 0 Å². The van der Waals surface area contributed by atoms with Crippen LogP contribution in [0.15, 0.2) is 6.07 Å². The smallest absolute Gasteiger partial charge is 0.248 e. The van der Waals surface area contributed by atoms with Crippen LogP contribution >= 0.6 is 0 Å². The summed E-state index contributed by atoms with van der Waals surface area (Å²) in [6, 6.07) is 1.97. The maximum absolute atomic E-state index is 13.2. The third kappa shape index (κ3) is 2.20. The molecule has 1 aliphatic carbocycles. The third-order valence-electron chi connectivity index (χ3n) is 3.87. The lowest BCUT2D eigenvalue weighted by atomic mass is 9.70. The van der Waals surface area contributed by atoms with E-state index in [0.717, 1.165) is 11.4 Å². The Morgan fingerprint density at radius 1 is 1.35 bits per heavy atom. The van der Waals surface area contributed by atoms with Gasteiger partial charge in [0.15, 0.2) is 0 Å². The van der Waals surface area contributed by atoms with Gasteiger partial charge in [-0.15, -0.1) is 0 Å². The lowest BCUT2D eigenvalue weighted by Crippen LogP contribution is -2.43. The molecule has 1 heterocycles. The summed E-state index contributed by atoms with van der Waals surface area (Å²) in [7, 11) is 1.85. The number of nitrogens with zero attached hydrogens (tertiary/aromatic N) is 2. The van der Waals surface area contributed by atoms with E-state index in [1.54, 1.807) is 4.68 Å². The lowest BCUT2D eigenvalue weighted by Gasteiger charge is -2.39. The third-order valence-corrected chi connectivity index (χ3v) is 3.87. The van der Waals surface area contributed by atoms with E-state index < -0.39 is 5.92 Å². The summed E-state index contributed by atoms with van der Waals surface area (Å²) in [4.78, 5) is 0. The zero-order valence-electron chi connectivity index (χ0n) is 10.3. The highest BCUT2D eigenvalue weighted by Gasteiger charge is 2.44. The van der Waals surface area contributed by atoms with E-state index in [1.165, 1.54) is 0 Å². The van der Waals surface area contributed by atoms with Crippen LogP contribution < -0.4 is 5.73 Å². The average molecular weight is 243 g/mol. The van der Waals surface area contributed by atoms with E-state index in [4.69, 9.17) is 5.73 Å². The molecule has 0 atom stereocenters. The van der Waals surface area contributed by atoms with Crippen LogP contribution in [0.2, 0.25) is 0 Å². The van der Waals surface area contributed by atoms with Crippen LogP contribution in [0.3, 0.4) is 0 Å². The first-order valence-corrected chi connectivity index (χ1v) is 5.98. The molecule has 0 aromatic carbocycles. The van der Waals surface area contributed by atoms with Gasteiger partial charge in [0.05, 0.1) is 5.69 Å². The van der Waals surface area contributed by atoms with Crippen molar-refractivity contribution in [2.24, 2.45) is 12.8 Å². The highest BCUT2D eigenvalue weighted by atomic mass is 19.3. The summed E-state index contributed by atoms with van der Waals surface area (Å²) in [5.74, 6) is -2.52. The Balaban J connectivity index is 2.30. The Labute approximate surface area is 100.0 Å². The van der Waals surface area contributed by atoms with E-state index >= 15 is 0 Å². The van der Waals surface area contributed by atoms with Gasteiger partial charge in [-0.3, -0.25) is 4.68 Å². The lowest BCUT2D eigenvalue weighted by molar-refractivity contribution is -0.0518. The van der Waals surface area contributed by atoms with E-state index in [2.05, 4.69) is 5.10 Å². The van der Waals surface area contributed by atoms with Crippen LogP contribution in [0.1, 0.15) is 37.1 Å². The maximum atomic E-state index is 13.2. The molecule has 96 valence electrons. The molecule has 2 N–H and O–H groups in total. The van der Waals surface area contributed by atoms with Crippen LogP contribution in [0, 0.1) is 6.92 Å². The minimum atomic E-state index is -2.52. The molecule has 0 unspecified atom stereocenters. The van der Waals surface area contributed by atoms with E-state index in [1.807, 2.05) is 20.0 Å². The molecule has 0 aliphatic heterocycles. The minimum Gasteiger partial charge on any atom is -0.330 e. The van der Waals surface area contributed by atoms with E-state index in [-0.39, 0.29) is 18.3 Å². The second-order valence-electron chi connectivity index (χ2n) is 5.13. The summed E-state index contributed by atoms with van der Waals surface area (Å²) >= 11 is 0. The van der Waals surface area contributed by atoms with Crippen LogP contribution in [-0.2, 0) is 12.5 Å². The van der Waals surface area contributed by atoms with Crippen LogP contribution in [0.5, 0.6) is 0 Å². The van der Waals surface area contributed by atoms with Gasteiger partial charge in [0, 0.05) is 37.5 Å². The highest BCUT2D eigenvalue weighted by molar-refractivity contribution is 5.22. The fourth-order valence-electron chi connectivity index (χ4n) is 2.77. The first kappa shape index (κ1) is 12.5. The summed E-state index contributed by atoms with van der Waals surface area (Å²) in [5.41, 5.74) is 7.43.